The maximum atomic E-state index is 6.01. The van der Waals surface area contributed by atoms with Crippen molar-refractivity contribution in [1.82, 2.24) is 0 Å². The lowest BCUT2D eigenvalue weighted by atomic mass is 10.1. The van der Waals surface area contributed by atoms with Crippen molar-refractivity contribution in [2.45, 2.75) is 6.92 Å². The summed E-state index contributed by atoms with van der Waals surface area (Å²) in [4.78, 5) is 0.325. The van der Waals surface area contributed by atoms with E-state index >= 15 is 0 Å². The molecule has 0 bridgehead atoms. The van der Waals surface area contributed by atoms with E-state index in [1.807, 2.05) is 25.1 Å². The molecule has 0 saturated heterocycles. The van der Waals surface area contributed by atoms with E-state index in [1.54, 1.807) is 18.2 Å². The first kappa shape index (κ1) is 14.1. The highest BCUT2D eigenvalue weighted by Gasteiger charge is 2.08. The van der Waals surface area contributed by atoms with Crippen molar-refractivity contribution in [3.05, 3.63) is 57.6 Å². The third-order valence-corrected chi connectivity index (χ3v) is 3.39. The predicted molar refractivity (Wildman–Crippen MR) is 86.8 cm³/mol. The van der Waals surface area contributed by atoms with Gasteiger partial charge in [0.1, 0.15) is 4.99 Å². The minimum absolute atomic E-state index is 0.325. The van der Waals surface area contributed by atoms with Crippen LogP contribution in [-0.2, 0) is 0 Å². The standard InChI is InChI=1S/C14H12Cl2N2S/c1-8-6-9(15)3-5-12(8)18-13-7-10(16)2-4-11(13)14(17)19/h2-7,18H,1H3,(H2,17,19). The van der Waals surface area contributed by atoms with Gasteiger partial charge in [-0.05, 0) is 48.9 Å². The number of hydrogen-bond donors (Lipinski definition) is 2. The Morgan fingerprint density at radius 1 is 1.05 bits per heavy atom. The first-order valence-corrected chi connectivity index (χ1v) is 6.76. The molecule has 2 nitrogen and oxygen atoms in total. The third-order valence-electron chi connectivity index (χ3n) is 2.70. The van der Waals surface area contributed by atoms with Gasteiger partial charge < -0.3 is 11.1 Å². The molecule has 2 aromatic rings. The van der Waals surface area contributed by atoms with Crippen LogP contribution in [0, 0.1) is 6.92 Å². The number of anilines is 2. The van der Waals surface area contributed by atoms with Crippen LogP contribution in [0.1, 0.15) is 11.1 Å². The molecular weight excluding hydrogens is 299 g/mol. The summed E-state index contributed by atoms with van der Waals surface area (Å²) in [6.45, 7) is 1.97. The van der Waals surface area contributed by atoms with Crippen molar-refractivity contribution in [2.75, 3.05) is 5.32 Å². The Bertz CT molecular complexity index is 641. The molecule has 0 spiro atoms. The lowest BCUT2D eigenvalue weighted by Gasteiger charge is -2.14. The minimum Gasteiger partial charge on any atom is -0.389 e. The van der Waals surface area contributed by atoms with Crippen molar-refractivity contribution in [3.8, 4) is 0 Å². The highest BCUT2D eigenvalue weighted by atomic mass is 35.5. The smallest absolute Gasteiger partial charge is 0.106 e. The van der Waals surface area contributed by atoms with E-state index in [-0.39, 0.29) is 0 Å². The van der Waals surface area contributed by atoms with Gasteiger partial charge in [0.2, 0.25) is 0 Å². The van der Waals surface area contributed by atoms with Crippen LogP contribution in [0.3, 0.4) is 0 Å². The topological polar surface area (TPSA) is 38.0 Å². The van der Waals surface area contributed by atoms with E-state index in [4.69, 9.17) is 41.2 Å². The molecule has 0 saturated carbocycles. The van der Waals surface area contributed by atoms with E-state index in [0.29, 0.717) is 15.0 Å². The maximum absolute atomic E-state index is 6.01. The molecule has 0 fully saturated rings. The normalized spacial score (nSPS) is 10.3. The highest BCUT2D eigenvalue weighted by molar-refractivity contribution is 7.80. The van der Waals surface area contributed by atoms with E-state index in [9.17, 15) is 0 Å². The van der Waals surface area contributed by atoms with Crippen LogP contribution >= 0.6 is 35.4 Å². The Labute approximate surface area is 127 Å². The Balaban J connectivity index is 2.42. The molecule has 2 aromatic carbocycles. The number of benzene rings is 2. The lowest BCUT2D eigenvalue weighted by molar-refractivity contribution is 1.42. The Morgan fingerprint density at radius 2 is 1.68 bits per heavy atom. The van der Waals surface area contributed by atoms with Gasteiger partial charge in [-0.3, -0.25) is 0 Å². The number of halogens is 2. The van der Waals surface area contributed by atoms with Crippen LogP contribution in [-0.4, -0.2) is 4.99 Å². The fourth-order valence-corrected chi connectivity index (χ4v) is 2.32. The Morgan fingerprint density at radius 3 is 2.32 bits per heavy atom. The molecule has 0 amide bonds. The SMILES string of the molecule is Cc1cc(Cl)ccc1Nc1cc(Cl)ccc1C(N)=S. The van der Waals surface area contributed by atoms with Gasteiger partial charge in [-0.1, -0.05) is 35.4 Å². The van der Waals surface area contributed by atoms with E-state index in [2.05, 4.69) is 5.32 Å². The van der Waals surface area contributed by atoms with Crippen LogP contribution in [0.4, 0.5) is 11.4 Å². The minimum atomic E-state index is 0.325. The summed E-state index contributed by atoms with van der Waals surface area (Å²) in [5.41, 5.74) is 9.21. The molecule has 0 atom stereocenters. The number of nitrogens with one attached hydrogen (secondary N) is 1. The van der Waals surface area contributed by atoms with E-state index in [0.717, 1.165) is 22.5 Å². The number of thiocarbonyl (C=S) groups is 1. The van der Waals surface area contributed by atoms with Crippen molar-refractivity contribution in [1.29, 1.82) is 0 Å². The average Bonchev–Trinajstić information content (AvgIpc) is 2.32. The van der Waals surface area contributed by atoms with Gasteiger partial charge in [-0.2, -0.15) is 0 Å². The molecule has 0 aromatic heterocycles. The summed E-state index contributed by atoms with van der Waals surface area (Å²) < 4.78 is 0. The summed E-state index contributed by atoms with van der Waals surface area (Å²) in [6.07, 6.45) is 0. The van der Waals surface area contributed by atoms with Crippen molar-refractivity contribution in [2.24, 2.45) is 5.73 Å². The molecule has 0 aliphatic rings. The fourth-order valence-electron chi connectivity index (χ4n) is 1.75. The number of nitrogens with two attached hydrogens (primary N) is 1. The number of rotatable bonds is 3. The predicted octanol–water partition coefficient (Wildman–Crippen LogP) is 4.68. The first-order valence-electron chi connectivity index (χ1n) is 5.60. The molecule has 0 unspecified atom stereocenters. The lowest BCUT2D eigenvalue weighted by Crippen LogP contribution is -2.12. The molecule has 3 N–H and O–H groups in total. The third kappa shape index (κ3) is 3.38. The molecule has 2 rings (SSSR count). The Hall–Kier alpha value is -1.29. The van der Waals surface area contributed by atoms with Crippen LogP contribution < -0.4 is 11.1 Å². The summed E-state index contributed by atoms with van der Waals surface area (Å²) in [5, 5.41) is 4.60. The van der Waals surface area contributed by atoms with Gasteiger partial charge in [0, 0.05) is 21.3 Å². The van der Waals surface area contributed by atoms with Crippen LogP contribution in [0.5, 0.6) is 0 Å². The van der Waals surface area contributed by atoms with Crippen molar-refractivity contribution in [3.63, 3.8) is 0 Å². The molecule has 0 heterocycles. The zero-order valence-electron chi connectivity index (χ0n) is 10.2. The second-order valence-electron chi connectivity index (χ2n) is 4.14. The van der Waals surface area contributed by atoms with Crippen LogP contribution in [0.2, 0.25) is 10.0 Å². The monoisotopic (exact) mass is 310 g/mol. The van der Waals surface area contributed by atoms with Gasteiger partial charge in [-0.15, -0.1) is 0 Å². The van der Waals surface area contributed by atoms with E-state index in [1.165, 1.54) is 0 Å². The van der Waals surface area contributed by atoms with Gasteiger partial charge in [0.25, 0.3) is 0 Å². The quantitative estimate of drug-likeness (QED) is 0.808. The highest BCUT2D eigenvalue weighted by Crippen LogP contribution is 2.27. The fraction of sp³-hybridized carbons (Fsp3) is 0.0714. The Kier molecular flexibility index (Phi) is 4.30. The van der Waals surface area contributed by atoms with E-state index < -0.39 is 0 Å². The van der Waals surface area contributed by atoms with Gasteiger partial charge in [0.15, 0.2) is 0 Å². The zero-order chi connectivity index (χ0) is 14.0. The number of hydrogen-bond acceptors (Lipinski definition) is 2. The molecule has 0 aliphatic heterocycles. The van der Waals surface area contributed by atoms with Crippen molar-refractivity contribution >= 4 is 51.8 Å². The largest absolute Gasteiger partial charge is 0.389 e. The summed E-state index contributed by atoms with van der Waals surface area (Å²) in [5.74, 6) is 0. The molecular formula is C14H12Cl2N2S. The summed E-state index contributed by atoms with van der Waals surface area (Å²) in [7, 11) is 0. The zero-order valence-corrected chi connectivity index (χ0v) is 12.5. The average molecular weight is 311 g/mol. The van der Waals surface area contributed by atoms with Gasteiger partial charge >= 0.3 is 0 Å². The molecule has 98 valence electrons. The van der Waals surface area contributed by atoms with Gasteiger partial charge in [0.05, 0.1) is 5.69 Å². The molecule has 0 aliphatic carbocycles. The number of aryl methyl sites for hydroxylation is 1. The summed E-state index contributed by atoms with van der Waals surface area (Å²) >= 11 is 17.0. The van der Waals surface area contributed by atoms with Crippen molar-refractivity contribution < 1.29 is 0 Å². The van der Waals surface area contributed by atoms with Crippen LogP contribution in [0.15, 0.2) is 36.4 Å². The first-order chi connectivity index (χ1) is 8.97. The molecule has 0 radical (unpaired) electrons. The maximum Gasteiger partial charge on any atom is 0.106 e. The second kappa shape index (κ2) is 5.78. The molecule has 19 heavy (non-hydrogen) atoms. The second-order valence-corrected chi connectivity index (χ2v) is 5.45. The van der Waals surface area contributed by atoms with Gasteiger partial charge in [-0.25, -0.2) is 0 Å². The summed E-state index contributed by atoms with van der Waals surface area (Å²) in [6, 6.07) is 11.0. The molecule has 5 heteroatoms. The van der Waals surface area contributed by atoms with Crippen LogP contribution in [0.25, 0.3) is 0 Å².